The van der Waals surface area contributed by atoms with Crippen LogP contribution in [0.3, 0.4) is 0 Å². The van der Waals surface area contributed by atoms with Gasteiger partial charge in [-0.2, -0.15) is 0 Å². The lowest BCUT2D eigenvalue weighted by molar-refractivity contribution is 0.0932. The molecule has 0 saturated carbocycles. The average Bonchev–Trinajstić information content (AvgIpc) is 2.65. The lowest BCUT2D eigenvalue weighted by Gasteiger charge is -2.33. The largest absolute Gasteiger partial charge is 0.350 e. The van der Waals surface area contributed by atoms with Crippen molar-refractivity contribution in [3.05, 3.63) is 65.2 Å². The number of carbonyl (C=O) groups is 1. The third-order valence-electron chi connectivity index (χ3n) is 4.79. The highest BCUT2D eigenvalue weighted by molar-refractivity contribution is 7.84. The lowest BCUT2D eigenvalue weighted by atomic mass is 9.99. The van der Waals surface area contributed by atoms with E-state index in [1.165, 1.54) is 11.1 Å². The molecule has 0 aliphatic carbocycles. The molecule has 0 aromatic heterocycles. The van der Waals surface area contributed by atoms with Gasteiger partial charge in [-0.3, -0.25) is 13.9 Å². The fraction of sp³-hybridized carbons (Fsp3) is 0.350. The summed E-state index contributed by atoms with van der Waals surface area (Å²) < 4.78 is 11.4. The van der Waals surface area contributed by atoms with E-state index in [-0.39, 0.29) is 11.9 Å². The van der Waals surface area contributed by atoms with E-state index < -0.39 is 10.8 Å². The zero-order valence-corrected chi connectivity index (χ0v) is 15.5. The molecule has 0 saturated heterocycles. The smallest absolute Gasteiger partial charge is 0.251 e. The summed E-state index contributed by atoms with van der Waals surface area (Å²) in [4.78, 5) is 15.4. The van der Waals surface area contributed by atoms with Crippen LogP contribution in [0.25, 0.3) is 0 Å². The van der Waals surface area contributed by atoms with Crippen LogP contribution in [-0.2, 0) is 23.8 Å². The average molecular weight is 356 g/mol. The van der Waals surface area contributed by atoms with Crippen molar-refractivity contribution in [2.24, 2.45) is 0 Å². The van der Waals surface area contributed by atoms with Crippen LogP contribution in [0.15, 0.2) is 53.4 Å². The Morgan fingerprint density at radius 1 is 1.16 bits per heavy atom. The predicted octanol–water partition coefficient (Wildman–Crippen LogP) is 2.60. The second kappa shape index (κ2) is 7.93. The van der Waals surface area contributed by atoms with E-state index in [9.17, 15) is 9.00 Å². The van der Waals surface area contributed by atoms with Crippen LogP contribution < -0.4 is 5.32 Å². The molecule has 4 nitrogen and oxygen atoms in total. The fourth-order valence-corrected chi connectivity index (χ4v) is 3.68. The lowest BCUT2D eigenvalue weighted by Crippen LogP contribution is -2.44. The molecule has 5 heteroatoms. The van der Waals surface area contributed by atoms with Gasteiger partial charge in [0.05, 0.1) is 0 Å². The number of nitrogens with zero attached hydrogens (tertiary/aromatic N) is 1. The van der Waals surface area contributed by atoms with Crippen molar-refractivity contribution in [2.45, 2.75) is 30.8 Å². The molecule has 2 aromatic carbocycles. The van der Waals surface area contributed by atoms with Gasteiger partial charge in [0.1, 0.15) is 0 Å². The molecule has 0 spiro atoms. The highest BCUT2D eigenvalue weighted by Gasteiger charge is 2.20. The van der Waals surface area contributed by atoms with E-state index in [0.29, 0.717) is 12.1 Å². The first-order valence-electron chi connectivity index (χ1n) is 8.57. The topological polar surface area (TPSA) is 49.4 Å². The molecule has 132 valence electrons. The van der Waals surface area contributed by atoms with Gasteiger partial charge in [-0.1, -0.05) is 24.3 Å². The van der Waals surface area contributed by atoms with Gasteiger partial charge >= 0.3 is 0 Å². The van der Waals surface area contributed by atoms with Gasteiger partial charge in [0.25, 0.3) is 5.91 Å². The third kappa shape index (κ3) is 4.35. The van der Waals surface area contributed by atoms with Crippen molar-refractivity contribution in [1.29, 1.82) is 0 Å². The molecule has 0 bridgehead atoms. The molecule has 1 N–H and O–H groups in total. The normalized spacial score (nSPS) is 16.7. The standard InChI is InChI=1S/C20H24N2O2S/c1-15(22-12-11-16-5-3-4-6-18(16)14-22)13-21-20(23)17-7-9-19(10-8-17)25(2)24/h3-10,15H,11-14H2,1-2H3,(H,21,23). The number of carbonyl (C=O) groups excluding carboxylic acids is 1. The predicted molar refractivity (Wildman–Crippen MR) is 101 cm³/mol. The van der Waals surface area contributed by atoms with Crippen molar-refractivity contribution in [3.63, 3.8) is 0 Å². The molecule has 1 amide bonds. The summed E-state index contributed by atoms with van der Waals surface area (Å²) in [6.07, 6.45) is 2.69. The van der Waals surface area contributed by atoms with E-state index in [4.69, 9.17) is 0 Å². The van der Waals surface area contributed by atoms with E-state index in [2.05, 4.69) is 41.4 Å². The van der Waals surface area contributed by atoms with Gasteiger partial charge in [0, 0.05) is 53.2 Å². The summed E-state index contributed by atoms with van der Waals surface area (Å²) in [5.74, 6) is -0.0855. The number of hydrogen-bond donors (Lipinski definition) is 1. The fourth-order valence-electron chi connectivity index (χ4n) is 3.16. The van der Waals surface area contributed by atoms with Crippen LogP contribution in [0.4, 0.5) is 0 Å². The SMILES string of the molecule is CC(CNC(=O)c1ccc(S(C)=O)cc1)N1CCc2ccccc2C1. The number of benzene rings is 2. The first-order valence-corrected chi connectivity index (χ1v) is 10.1. The third-order valence-corrected chi connectivity index (χ3v) is 5.73. The van der Waals surface area contributed by atoms with Crippen LogP contribution in [0, 0.1) is 0 Å². The van der Waals surface area contributed by atoms with Gasteiger partial charge in [-0.05, 0) is 48.7 Å². The maximum atomic E-state index is 12.3. The molecule has 25 heavy (non-hydrogen) atoms. The van der Waals surface area contributed by atoms with Crippen LogP contribution in [-0.4, -0.2) is 40.4 Å². The van der Waals surface area contributed by atoms with E-state index in [0.717, 1.165) is 24.4 Å². The number of hydrogen-bond acceptors (Lipinski definition) is 3. The molecule has 0 radical (unpaired) electrons. The Labute approximate surface area is 151 Å². The van der Waals surface area contributed by atoms with Crippen LogP contribution in [0.5, 0.6) is 0 Å². The molecule has 2 aromatic rings. The molecular weight excluding hydrogens is 332 g/mol. The summed E-state index contributed by atoms with van der Waals surface area (Å²) in [5, 5.41) is 3.01. The minimum Gasteiger partial charge on any atom is -0.350 e. The minimum atomic E-state index is -1.02. The Balaban J connectivity index is 1.54. The maximum absolute atomic E-state index is 12.3. The maximum Gasteiger partial charge on any atom is 0.251 e. The summed E-state index contributed by atoms with van der Waals surface area (Å²) in [5.41, 5.74) is 3.42. The van der Waals surface area contributed by atoms with Gasteiger partial charge in [0.15, 0.2) is 0 Å². The van der Waals surface area contributed by atoms with Crippen molar-refractivity contribution < 1.29 is 9.00 Å². The quantitative estimate of drug-likeness (QED) is 0.896. The first-order chi connectivity index (χ1) is 12.0. The molecule has 3 rings (SSSR count). The highest BCUT2D eigenvalue weighted by atomic mass is 32.2. The van der Waals surface area contributed by atoms with Gasteiger partial charge in [-0.25, -0.2) is 0 Å². The summed E-state index contributed by atoms with van der Waals surface area (Å²) in [6.45, 7) is 4.72. The van der Waals surface area contributed by atoms with Crippen LogP contribution in [0.1, 0.15) is 28.4 Å². The number of fused-ring (bicyclic) bond motifs is 1. The molecule has 1 aliphatic heterocycles. The van der Waals surface area contributed by atoms with Crippen molar-refractivity contribution in [3.8, 4) is 0 Å². The summed E-state index contributed by atoms with van der Waals surface area (Å²) in [6, 6.07) is 15.8. The second-order valence-electron chi connectivity index (χ2n) is 6.53. The molecule has 1 aliphatic rings. The van der Waals surface area contributed by atoms with Crippen molar-refractivity contribution in [1.82, 2.24) is 10.2 Å². The van der Waals surface area contributed by atoms with E-state index in [1.807, 2.05) is 0 Å². The second-order valence-corrected chi connectivity index (χ2v) is 7.91. The minimum absolute atomic E-state index is 0.0855. The Morgan fingerprint density at radius 3 is 2.52 bits per heavy atom. The van der Waals surface area contributed by atoms with Crippen molar-refractivity contribution in [2.75, 3.05) is 19.3 Å². The Hall–Kier alpha value is -1.98. The zero-order valence-electron chi connectivity index (χ0n) is 14.7. The molecular formula is C20H24N2O2S. The van der Waals surface area contributed by atoms with Gasteiger partial charge in [-0.15, -0.1) is 0 Å². The van der Waals surface area contributed by atoms with Crippen LogP contribution >= 0.6 is 0 Å². The Morgan fingerprint density at radius 2 is 1.84 bits per heavy atom. The summed E-state index contributed by atoms with van der Waals surface area (Å²) in [7, 11) is -1.02. The highest BCUT2D eigenvalue weighted by Crippen LogP contribution is 2.20. The number of rotatable bonds is 5. The molecule has 2 unspecified atom stereocenters. The first kappa shape index (κ1) is 17.8. The monoisotopic (exact) mass is 356 g/mol. The zero-order chi connectivity index (χ0) is 17.8. The van der Waals surface area contributed by atoms with E-state index in [1.54, 1.807) is 30.5 Å². The van der Waals surface area contributed by atoms with E-state index >= 15 is 0 Å². The van der Waals surface area contributed by atoms with Crippen LogP contribution in [0.2, 0.25) is 0 Å². The van der Waals surface area contributed by atoms with Crippen molar-refractivity contribution >= 4 is 16.7 Å². The number of amides is 1. The molecule has 0 fully saturated rings. The Kier molecular flexibility index (Phi) is 5.66. The van der Waals surface area contributed by atoms with Gasteiger partial charge in [0.2, 0.25) is 0 Å². The number of nitrogens with one attached hydrogen (secondary N) is 1. The molecule has 1 heterocycles. The summed E-state index contributed by atoms with van der Waals surface area (Å²) >= 11 is 0. The Bertz CT molecular complexity index is 774. The van der Waals surface area contributed by atoms with Gasteiger partial charge < -0.3 is 5.32 Å². The molecule has 2 atom stereocenters.